The van der Waals surface area contributed by atoms with E-state index in [1.54, 1.807) is 54.6 Å². The number of furan rings is 1. The van der Waals surface area contributed by atoms with Crippen LogP contribution in [-0.2, 0) is 6.54 Å². The first-order valence-corrected chi connectivity index (χ1v) is 7.88. The molecule has 26 heavy (non-hydrogen) atoms. The largest absolute Gasteiger partial charge is 0.467 e. The van der Waals surface area contributed by atoms with Gasteiger partial charge in [0.25, 0.3) is 11.8 Å². The monoisotopic (exact) mass is 345 g/mol. The van der Waals surface area contributed by atoms with Gasteiger partial charge in [0, 0.05) is 16.8 Å². The predicted molar refractivity (Wildman–Crippen MR) is 95.4 cm³/mol. The van der Waals surface area contributed by atoms with E-state index in [2.05, 4.69) is 10.6 Å². The molecule has 6 nitrogen and oxygen atoms in total. The lowest BCUT2D eigenvalue weighted by Crippen LogP contribution is -2.23. The molecule has 2 N–H and O–H groups in total. The summed E-state index contributed by atoms with van der Waals surface area (Å²) in [6.07, 6.45) is 1.54. The Kier molecular flexibility index (Phi) is 5.11. The average molecular weight is 345 g/mol. The van der Waals surface area contributed by atoms with Crippen molar-refractivity contribution in [2.45, 2.75) is 6.54 Å². The van der Waals surface area contributed by atoms with E-state index in [-0.39, 0.29) is 18.4 Å². The molecule has 0 atom stereocenters. The van der Waals surface area contributed by atoms with Gasteiger partial charge in [-0.2, -0.15) is 5.26 Å². The topological polar surface area (TPSA) is 95.1 Å². The number of carbonyl (C=O) groups excluding carboxylic acids is 2. The number of anilines is 1. The maximum Gasteiger partial charge on any atom is 0.255 e. The smallest absolute Gasteiger partial charge is 0.255 e. The molecule has 0 saturated heterocycles. The number of hydrogen-bond donors (Lipinski definition) is 2. The SMILES string of the molecule is N#Cc1cccc(NC(=O)c2cccc(C(=O)NCc3ccco3)c2)c1. The van der Waals surface area contributed by atoms with Crippen LogP contribution in [0.2, 0.25) is 0 Å². The fraction of sp³-hybridized carbons (Fsp3) is 0.0500. The third-order valence-corrected chi connectivity index (χ3v) is 3.64. The van der Waals surface area contributed by atoms with E-state index in [1.807, 2.05) is 6.07 Å². The molecule has 2 amide bonds. The zero-order chi connectivity index (χ0) is 18.4. The molecule has 2 aromatic carbocycles. The minimum absolute atomic E-state index is 0.267. The molecule has 0 unspecified atom stereocenters. The molecule has 128 valence electrons. The highest BCUT2D eigenvalue weighted by Gasteiger charge is 2.11. The number of nitrogens with one attached hydrogen (secondary N) is 2. The molecule has 0 aliphatic heterocycles. The molecule has 1 aromatic heterocycles. The summed E-state index contributed by atoms with van der Waals surface area (Å²) in [6.45, 7) is 0.267. The average Bonchev–Trinajstić information content (AvgIpc) is 3.20. The van der Waals surface area contributed by atoms with Crippen LogP contribution < -0.4 is 10.6 Å². The summed E-state index contributed by atoms with van der Waals surface area (Å²) in [7, 11) is 0. The standard InChI is InChI=1S/C20H15N3O3/c21-12-14-4-1-7-17(10-14)23-20(25)16-6-2-5-15(11-16)19(24)22-13-18-8-3-9-26-18/h1-11H,13H2,(H,22,24)(H,23,25). The number of nitrogens with zero attached hydrogens (tertiary/aromatic N) is 1. The van der Waals surface area contributed by atoms with Crippen molar-refractivity contribution in [3.8, 4) is 6.07 Å². The molecule has 0 saturated carbocycles. The van der Waals surface area contributed by atoms with Gasteiger partial charge < -0.3 is 15.1 Å². The minimum Gasteiger partial charge on any atom is -0.467 e. The van der Waals surface area contributed by atoms with Crippen LogP contribution in [0, 0.1) is 11.3 Å². The van der Waals surface area contributed by atoms with Crippen molar-refractivity contribution in [2.24, 2.45) is 0 Å². The van der Waals surface area contributed by atoms with E-state index >= 15 is 0 Å². The zero-order valence-electron chi connectivity index (χ0n) is 13.7. The van der Waals surface area contributed by atoms with E-state index in [1.165, 1.54) is 12.3 Å². The van der Waals surface area contributed by atoms with Crippen LogP contribution in [0.4, 0.5) is 5.69 Å². The molecule has 0 bridgehead atoms. The molecular formula is C20H15N3O3. The molecule has 3 aromatic rings. The number of benzene rings is 2. The van der Waals surface area contributed by atoms with Crippen LogP contribution in [-0.4, -0.2) is 11.8 Å². The Morgan fingerprint density at radius 3 is 2.46 bits per heavy atom. The third kappa shape index (κ3) is 4.16. The molecule has 0 spiro atoms. The van der Waals surface area contributed by atoms with Crippen molar-refractivity contribution in [3.05, 3.63) is 89.4 Å². The summed E-state index contributed by atoms with van der Waals surface area (Å²) in [6, 6.07) is 18.5. The lowest BCUT2D eigenvalue weighted by Gasteiger charge is -2.08. The quantitative estimate of drug-likeness (QED) is 0.741. The number of carbonyl (C=O) groups is 2. The van der Waals surface area contributed by atoms with E-state index in [0.29, 0.717) is 28.1 Å². The Bertz CT molecular complexity index is 972. The van der Waals surface area contributed by atoms with Gasteiger partial charge in [-0.3, -0.25) is 9.59 Å². The van der Waals surface area contributed by atoms with Crippen molar-refractivity contribution in [2.75, 3.05) is 5.32 Å². The van der Waals surface area contributed by atoms with Crippen LogP contribution in [0.5, 0.6) is 0 Å². The summed E-state index contributed by atoms with van der Waals surface area (Å²) in [5.74, 6) is -0.0204. The minimum atomic E-state index is -0.360. The summed E-state index contributed by atoms with van der Waals surface area (Å²) in [5.41, 5.74) is 1.68. The van der Waals surface area contributed by atoms with Gasteiger partial charge in [0.05, 0.1) is 24.4 Å². The Morgan fingerprint density at radius 2 is 1.73 bits per heavy atom. The van der Waals surface area contributed by atoms with Gasteiger partial charge in [-0.05, 0) is 48.5 Å². The summed E-state index contributed by atoms with van der Waals surface area (Å²) in [5, 5.41) is 14.4. The van der Waals surface area contributed by atoms with Crippen LogP contribution in [0.3, 0.4) is 0 Å². The Labute approximate surface area is 150 Å². The number of amides is 2. The van der Waals surface area contributed by atoms with Gasteiger partial charge in [0.2, 0.25) is 0 Å². The molecule has 0 radical (unpaired) electrons. The highest BCUT2D eigenvalue weighted by atomic mass is 16.3. The van der Waals surface area contributed by atoms with Gasteiger partial charge in [0.15, 0.2) is 0 Å². The van der Waals surface area contributed by atoms with E-state index in [9.17, 15) is 9.59 Å². The summed E-state index contributed by atoms with van der Waals surface area (Å²) >= 11 is 0. The second kappa shape index (κ2) is 7.81. The Balaban J connectivity index is 1.68. The van der Waals surface area contributed by atoms with Gasteiger partial charge >= 0.3 is 0 Å². The second-order valence-electron chi connectivity index (χ2n) is 5.49. The maximum atomic E-state index is 12.4. The maximum absolute atomic E-state index is 12.4. The Hall–Kier alpha value is -3.85. The number of rotatable bonds is 5. The fourth-order valence-electron chi connectivity index (χ4n) is 2.35. The third-order valence-electron chi connectivity index (χ3n) is 3.64. The highest BCUT2D eigenvalue weighted by Crippen LogP contribution is 2.13. The van der Waals surface area contributed by atoms with Crippen LogP contribution in [0.25, 0.3) is 0 Å². The predicted octanol–water partition coefficient (Wildman–Crippen LogP) is 3.33. The first-order valence-electron chi connectivity index (χ1n) is 7.88. The van der Waals surface area contributed by atoms with Gasteiger partial charge in [-0.25, -0.2) is 0 Å². The molecule has 3 rings (SSSR count). The molecular weight excluding hydrogens is 330 g/mol. The van der Waals surface area contributed by atoms with Crippen molar-refractivity contribution in [1.82, 2.24) is 5.32 Å². The Morgan fingerprint density at radius 1 is 0.962 bits per heavy atom. The van der Waals surface area contributed by atoms with Gasteiger partial charge in [0.1, 0.15) is 5.76 Å². The van der Waals surface area contributed by atoms with E-state index < -0.39 is 0 Å². The van der Waals surface area contributed by atoms with Crippen molar-refractivity contribution < 1.29 is 14.0 Å². The van der Waals surface area contributed by atoms with Crippen molar-refractivity contribution >= 4 is 17.5 Å². The molecule has 1 heterocycles. The first-order chi connectivity index (χ1) is 12.7. The summed E-state index contributed by atoms with van der Waals surface area (Å²) < 4.78 is 5.17. The van der Waals surface area contributed by atoms with Gasteiger partial charge in [-0.15, -0.1) is 0 Å². The van der Waals surface area contributed by atoms with Crippen LogP contribution in [0.1, 0.15) is 32.0 Å². The summed E-state index contributed by atoms with van der Waals surface area (Å²) in [4.78, 5) is 24.6. The lowest BCUT2D eigenvalue weighted by molar-refractivity contribution is 0.0948. The first kappa shape index (κ1) is 17.0. The molecule has 0 aliphatic carbocycles. The van der Waals surface area contributed by atoms with Crippen LogP contribution in [0.15, 0.2) is 71.3 Å². The van der Waals surface area contributed by atoms with E-state index in [4.69, 9.17) is 9.68 Å². The van der Waals surface area contributed by atoms with Crippen molar-refractivity contribution in [3.63, 3.8) is 0 Å². The fourth-order valence-corrected chi connectivity index (χ4v) is 2.35. The number of hydrogen-bond acceptors (Lipinski definition) is 4. The molecule has 6 heteroatoms. The van der Waals surface area contributed by atoms with Crippen LogP contribution >= 0.6 is 0 Å². The normalized spacial score (nSPS) is 9.96. The van der Waals surface area contributed by atoms with Gasteiger partial charge in [-0.1, -0.05) is 12.1 Å². The second-order valence-corrected chi connectivity index (χ2v) is 5.49. The zero-order valence-corrected chi connectivity index (χ0v) is 13.7. The van der Waals surface area contributed by atoms with Crippen molar-refractivity contribution in [1.29, 1.82) is 5.26 Å². The number of nitriles is 1. The van der Waals surface area contributed by atoms with E-state index in [0.717, 1.165) is 0 Å². The highest BCUT2D eigenvalue weighted by molar-refractivity contribution is 6.06. The lowest BCUT2D eigenvalue weighted by atomic mass is 10.1. The molecule has 0 fully saturated rings. The molecule has 0 aliphatic rings.